The molecule has 2 atom stereocenters. The highest BCUT2D eigenvalue weighted by atomic mass is 35.5. The minimum atomic E-state index is -0.247. The number of benzene rings is 2. The molecule has 2 N–H and O–H groups in total. The zero-order valence-electron chi connectivity index (χ0n) is 19.8. The Kier molecular flexibility index (Phi) is 6.44. The van der Waals surface area contributed by atoms with Gasteiger partial charge in [-0.2, -0.15) is 4.98 Å². The summed E-state index contributed by atoms with van der Waals surface area (Å²) in [5.74, 6) is 0.723. The molecule has 3 heterocycles. The summed E-state index contributed by atoms with van der Waals surface area (Å²) in [6.07, 6.45) is 1.54. The van der Waals surface area contributed by atoms with Crippen molar-refractivity contribution >= 4 is 57.9 Å². The van der Waals surface area contributed by atoms with Crippen molar-refractivity contribution < 1.29 is 4.79 Å². The van der Waals surface area contributed by atoms with Gasteiger partial charge in [0.25, 0.3) is 5.91 Å². The number of anilines is 5. The molecule has 1 fully saturated rings. The van der Waals surface area contributed by atoms with Crippen molar-refractivity contribution in [3.05, 3.63) is 64.3 Å². The van der Waals surface area contributed by atoms with Crippen molar-refractivity contribution in [2.45, 2.75) is 25.9 Å². The number of carbonyl (C=O) groups excluding carboxylic acids is 1. The largest absolute Gasteiger partial charge is 0.368 e. The summed E-state index contributed by atoms with van der Waals surface area (Å²) in [5.41, 5.74) is 2.93. The van der Waals surface area contributed by atoms with Crippen LogP contribution in [0.15, 0.2) is 48.7 Å². The molecule has 2 aliphatic heterocycles. The Morgan fingerprint density at radius 2 is 1.69 bits per heavy atom. The first kappa shape index (κ1) is 23.7. The van der Waals surface area contributed by atoms with Crippen LogP contribution >= 0.6 is 23.2 Å². The van der Waals surface area contributed by atoms with Crippen LogP contribution in [-0.4, -0.2) is 54.8 Å². The van der Waals surface area contributed by atoms with Gasteiger partial charge in [0.1, 0.15) is 11.4 Å². The molecule has 0 aliphatic carbocycles. The lowest BCUT2D eigenvalue weighted by Gasteiger charge is -2.37. The summed E-state index contributed by atoms with van der Waals surface area (Å²) in [5, 5.41) is 7.63. The number of rotatable bonds is 4. The van der Waals surface area contributed by atoms with E-state index in [0.717, 1.165) is 18.8 Å². The molecule has 2 unspecified atom stereocenters. The Bertz CT molecular complexity index is 1220. The fourth-order valence-electron chi connectivity index (χ4n) is 4.71. The van der Waals surface area contributed by atoms with Gasteiger partial charge in [-0.05, 0) is 50.2 Å². The van der Waals surface area contributed by atoms with Gasteiger partial charge in [-0.3, -0.25) is 9.69 Å². The van der Waals surface area contributed by atoms with Crippen molar-refractivity contribution in [2.75, 3.05) is 46.8 Å². The third kappa shape index (κ3) is 4.74. The maximum Gasteiger partial charge on any atom is 0.265 e. The van der Waals surface area contributed by atoms with Crippen molar-refractivity contribution in [1.29, 1.82) is 0 Å². The van der Waals surface area contributed by atoms with Gasteiger partial charge in [-0.25, -0.2) is 4.98 Å². The number of halogens is 2. The van der Waals surface area contributed by atoms with E-state index in [9.17, 15) is 4.79 Å². The Morgan fingerprint density at radius 1 is 1.03 bits per heavy atom. The first-order valence-corrected chi connectivity index (χ1v) is 12.3. The van der Waals surface area contributed by atoms with Gasteiger partial charge in [0, 0.05) is 49.8 Å². The van der Waals surface area contributed by atoms with E-state index in [-0.39, 0.29) is 12.6 Å². The van der Waals surface area contributed by atoms with Gasteiger partial charge < -0.3 is 20.4 Å². The van der Waals surface area contributed by atoms with E-state index in [1.165, 1.54) is 11.9 Å². The molecule has 5 rings (SSSR count). The molecule has 182 valence electrons. The number of nitrogens with one attached hydrogen (secondary N) is 2. The number of piperazine rings is 1. The second-order valence-electron chi connectivity index (χ2n) is 9.12. The molecule has 0 saturated carbocycles. The standard InChI is InChI=1S/C25H27Cl2N7O/c1-15-12-33(13-16(2)29-15)18-9-7-17(8-10-18)30-25-28-11-19-23(31-25)32(3)14-34(24(19)35)22-20(26)5-4-6-21(22)27/h4-11,15-16,29H,12-14H2,1-3H3,(H,28,30,31). The molecule has 0 spiro atoms. The molecule has 1 aromatic heterocycles. The molecule has 35 heavy (non-hydrogen) atoms. The summed E-state index contributed by atoms with van der Waals surface area (Å²) in [7, 11) is 1.87. The highest BCUT2D eigenvalue weighted by Crippen LogP contribution is 2.37. The van der Waals surface area contributed by atoms with Crippen LogP contribution in [0.4, 0.5) is 28.8 Å². The quantitative estimate of drug-likeness (QED) is 0.522. The molecule has 8 nitrogen and oxygen atoms in total. The Morgan fingerprint density at radius 3 is 2.34 bits per heavy atom. The monoisotopic (exact) mass is 511 g/mol. The van der Waals surface area contributed by atoms with Crippen molar-refractivity contribution in [1.82, 2.24) is 15.3 Å². The van der Waals surface area contributed by atoms with Crippen molar-refractivity contribution in [3.63, 3.8) is 0 Å². The highest BCUT2D eigenvalue weighted by Gasteiger charge is 2.32. The summed E-state index contributed by atoms with van der Waals surface area (Å²) >= 11 is 12.7. The van der Waals surface area contributed by atoms with Crippen LogP contribution in [0.25, 0.3) is 0 Å². The van der Waals surface area contributed by atoms with Crippen molar-refractivity contribution in [2.24, 2.45) is 0 Å². The summed E-state index contributed by atoms with van der Waals surface area (Å²) in [4.78, 5) is 28.1. The van der Waals surface area contributed by atoms with Crippen LogP contribution in [-0.2, 0) is 0 Å². The molecule has 0 bridgehead atoms. The molecular weight excluding hydrogens is 485 g/mol. The first-order chi connectivity index (χ1) is 16.8. The Labute approximate surface area is 214 Å². The average molecular weight is 512 g/mol. The second-order valence-corrected chi connectivity index (χ2v) is 9.93. The number of hydrogen-bond donors (Lipinski definition) is 2. The van der Waals surface area contributed by atoms with Gasteiger partial charge in [-0.15, -0.1) is 0 Å². The van der Waals surface area contributed by atoms with Crippen LogP contribution in [0.5, 0.6) is 0 Å². The van der Waals surface area contributed by atoms with E-state index in [2.05, 4.69) is 51.5 Å². The fraction of sp³-hybridized carbons (Fsp3) is 0.320. The van der Waals surface area contributed by atoms with Gasteiger partial charge >= 0.3 is 0 Å². The Hall–Kier alpha value is -3.07. The van der Waals surface area contributed by atoms with E-state index in [4.69, 9.17) is 23.2 Å². The van der Waals surface area contributed by atoms with Crippen LogP contribution in [0.3, 0.4) is 0 Å². The molecule has 3 aromatic rings. The first-order valence-electron chi connectivity index (χ1n) is 11.5. The SMILES string of the molecule is CC1CN(c2ccc(Nc3ncc4c(n3)N(C)CN(c3c(Cl)cccc3Cl)C4=O)cc2)CC(C)N1. The number of amides is 1. The zero-order chi connectivity index (χ0) is 24.7. The van der Waals surface area contributed by atoms with Crippen LogP contribution in [0, 0.1) is 0 Å². The topological polar surface area (TPSA) is 76.6 Å². The maximum atomic E-state index is 13.2. The van der Waals surface area contributed by atoms with Gasteiger partial charge in [0.2, 0.25) is 5.95 Å². The van der Waals surface area contributed by atoms with Crippen LogP contribution < -0.4 is 25.3 Å². The molecule has 2 aliphatic rings. The second kappa shape index (κ2) is 9.53. The van der Waals surface area contributed by atoms with Crippen LogP contribution in [0.2, 0.25) is 10.0 Å². The normalized spacial score (nSPS) is 20.1. The number of nitrogens with zero attached hydrogens (tertiary/aromatic N) is 5. The molecule has 1 amide bonds. The minimum absolute atomic E-state index is 0.247. The fourth-order valence-corrected chi connectivity index (χ4v) is 5.31. The lowest BCUT2D eigenvalue weighted by molar-refractivity contribution is 0.0982. The molecule has 10 heteroatoms. The molecular formula is C25H27Cl2N7O. The summed E-state index contributed by atoms with van der Waals surface area (Å²) in [6, 6.07) is 14.3. The minimum Gasteiger partial charge on any atom is -0.368 e. The van der Waals surface area contributed by atoms with E-state index >= 15 is 0 Å². The van der Waals surface area contributed by atoms with E-state index in [0.29, 0.717) is 45.1 Å². The predicted molar refractivity (Wildman–Crippen MR) is 143 cm³/mol. The van der Waals surface area contributed by atoms with Crippen LogP contribution in [0.1, 0.15) is 24.2 Å². The lowest BCUT2D eigenvalue weighted by Crippen LogP contribution is -2.54. The van der Waals surface area contributed by atoms with Gasteiger partial charge in [0.05, 0.1) is 22.4 Å². The molecule has 0 radical (unpaired) electrons. The third-order valence-corrected chi connectivity index (χ3v) is 6.82. The maximum absolute atomic E-state index is 13.2. The van der Waals surface area contributed by atoms with Gasteiger partial charge in [0.15, 0.2) is 0 Å². The lowest BCUT2D eigenvalue weighted by atomic mass is 10.1. The Balaban J connectivity index is 1.34. The molecule has 1 saturated heterocycles. The predicted octanol–water partition coefficient (Wildman–Crippen LogP) is 4.77. The van der Waals surface area contributed by atoms with Crippen molar-refractivity contribution in [3.8, 4) is 0 Å². The number of carbonyl (C=O) groups is 1. The summed E-state index contributed by atoms with van der Waals surface area (Å²) in [6.45, 7) is 6.62. The number of hydrogen-bond acceptors (Lipinski definition) is 7. The number of para-hydroxylation sites is 1. The van der Waals surface area contributed by atoms with E-state index in [1.54, 1.807) is 23.1 Å². The smallest absolute Gasteiger partial charge is 0.265 e. The third-order valence-electron chi connectivity index (χ3n) is 6.21. The number of fused-ring (bicyclic) bond motifs is 1. The van der Waals surface area contributed by atoms with E-state index in [1.807, 2.05) is 24.1 Å². The number of aromatic nitrogens is 2. The van der Waals surface area contributed by atoms with E-state index < -0.39 is 0 Å². The average Bonchev–Trinajstić information content (AvgIpc) is 2.82. The zero-order valence-corrected chi connectivity index (χ0v) is 21.3. The highest BCUT2D eigenvalue weighted by molar-refractivity contribution is 6.40. The van der Waals surface area contributed by atoms with Gasteiger partial charge in [-0.1, -0.05) is 29.3 Å². The molecule has 2 aromatic carbocycles. The summed E-state index contributed by atoms with van der Waals surface area (Å²) < 4.78 is 0.